The van der Waals surface area contributed by atoms with Crippen molar-refractivity contribution >= 4 is 17.9 Å². The Morgan fingerprint density at radius 3 is 2.56 bits per heavy atom. The lowest BCUT2D eigenvalue weighted by atomic mass is 10.0. The van der Waals surface area contributed by atoms with Gasteiger partial charge in [-0.2, -0.15) is 0 Å². The van der Waals surface area contributed by atoms with E-state index in [0.717, 1.165) is 12.8 Å². The topological polar surface area (TPSA) is 104 Å². The number of urea groups is 1. The summed E-state index contributed by atoms with van der Waals surface area (Å²) in [5.41, 5.74) is 5.27. The van der Waals surface area contributed by atoms with E-state index in [1.165, 1.54) is 9.80 Å². The Morgan fingerprint density at radius 2 is 2.06 bits per heavy atom. The van der Waals surface area contributed by atoms with Gasteiger partial charge < -0.3 is 20.6 Å². The zero-order valence-electron chi connectivity index (χ0n) is 10.5. The van der Waals surface area contributed by atoms with Gasteiger partial charge in [0, 0.05) is 13.1 Å². The fourth-order valence-electron chi connectivity index (χ4n) is 2.12. The number of hydrogen-bond acceptors (Lipinski definition) is 3. The second kappa shape index (κ2) is 6.23. The van der Waals surface area contributed by atoms with Crippen LogP contribution in [0.1, 0.15) is 26.2 Å². The number of nitrogens with zero attached hydrogens (tertiary/aromatic N) is 2. The number of carbonyl (C=O) groups is 3. The lowest BCUT2D eigenvalue weighted by Crippen LogP contribution is -2.55. The third kappa shape index (κ3) is 3.35. The number of aliphatic carboxylic acids is 1. The SMILES string of the molecule is CCN(CC(=O)O)C(=O)N1CCCCC1C(N)=O. The molecule has 1 aliphatic rings. The van der Waals surface area contributed by atoms with Crippen LogP contribution in [-0.4, -0.2) is 58.5 Å². The molecule has 1 fully saturated rings. The van der Waals surface area contributed by atoms with Crippen LogP contribution in [0.25, 0.3) is 0 Å². The van der Waals surface area contributed by atoms with E-state index in [4.69, 9.17) is 10.8 Å². The van der Waals surface area contributed by atoms with Crippen LogP contribution in [0.2, 0.25) is 0 Å². The minimum Gasteiger partial charge on any atom is -0.480 e. The highest BCUT2D eigenvalue weighted by atomic mass is 16.4. The molecular weight excluding hydrogens is 238 g/mol. The van der Waals surface area contributed by atoms with Crippen molar-refractivity contribution in [2.75, 3.05) is 19.6 Å². The van der Waals surface area contributed by atoms with E-state index in [1.807, 2.05) is 0 Å². The molecule has 1 atom stereocenters. The zero-order chi connectivity index (χ0) is 13.7. The number of amides is 3. The summed E-state index contributed by atoms with van der Waals surface area (Å²) in [5.74, 6) is -1.60. The van der Waals surface area contributed by atoms with E-state index >= 15 is 0 Å². The van der Waals surface area contributed by atoms with Gasteiger partial charge in [0.15, 0.2) is 0 Å². The van der Waals surface area contributed by atoms with Gasteiger partial charge in [0.25, 0.3) is 0 Å². The molecule has 1 unspecified atom stereocenters. The minimum absolute atomic E-state index is 0.285. The number of rotatable bonds is 4. The molecule has 7 nitrogen and oxygen atoms in total. The van der Waals surface area contributed by atoms with Crippen LogP contribution in [0.5, 0.6) is 0 Å². The maximum absolute atomic E-state index is 12.2. The molecule has 18 heavy (non-hydrogen) atoms. The molecule has 0 spiro atoms. The van der Waals surface area contributed by atoms with Crippen LogP contribution >= 0.6 is 0 Å². The van der Waals surface area contributed by atoms with Crippen LogP contribution in [0.3, 0.4) is 0 Å². The van der Waals surface area contributed by atoms with Gasteiger partial charge in [0.1, 0.15) is 12.6 Å². The number of hydrogen-bond donors (Lipinski definition) is 2. The molecule has 1 heterocycles. The van der Waals surface area contributed by atoms with Crippen LogP contribution in [-0.2, 0) is 9.59 Å². The fraction of sp³-hybridized carbons (Fsp3) is 0.727. The summed E-state index contributed by atoms with van der Waals surface area (Å²) in [4.78, 5) is 36.7. The van der Waals surface area contributed by atoms with Crippen LogP contribution in [0.15, 0.2) is 0 Å². The van der Waals surface area contributed by atoms with Gasteiger partial charge in [-0.3, -0.25) is 9.59 Å². The molecule has 0 aromatic heterocycles. The Hall–Kier alpha value is -1.79. The number of carboxylic acid groups (broad SMARTS) is 1. The van der Waals surface area contributed by atoms with E-state index in [-0.39, 0.29) is 13.1 Å². The average molecular weight is 257 g/mol. The molecule has 1 saturated heterocycles. The highest BCUT2D eigenvalue weighted by molar-refractivity contribution is 5.87. The van der Waals surface area contributed by atoms with Crippen molar-refractivity contribution in [2.45, 2.75) is 32.2 Å². The zero-order valence-corrected chi connectivity index (χ0v) is 10.5. The van der Waals surface area contributed by atoms with E-state index < -0.39 is 23.9 Å². The first-order chi connectivity index (χ1) is 8.47. The Kier molecular flexibility index (Phi) is 4.94. The Morgan fingerprint density at radius 1 is 1.39 bits per heavy atom. The number of likely N-dealkylation sites (tertiary alicyclic amines) is 1. The quantitative estimate of drug-likeness (QED) is 0.731. The third-order valence-corrected chi connectivity index (χ3v) is 3.06. The van der Waals surface area contributed by atoms with Crippen molar-refractivity contribution < 1.29 is 19.5 Å². The molecule has 0 bridgehead atoms. The number of primary amides is 1. The first-order valence-electron chi connectivity index (χ1n) is 6.04. The fourth-order valence-corrected chi connectivity index (χ4v) is 2.12. The number of nitrogens with two attached hydrogens (primary N) is 1. The predicted octanol–water partition coefficient (Wildman–Crippen LogP) is -0.147. The lowest BCUT2D eigenvalue weighted by Gasteiger charge is -2.36. The maximum atomic E-state index is 12.2. The third-order valence-electron chi connectivity index (χ3n) is 3.06. The largest absolute Gasteiger partial charge is 0.480 e. The number of likely N-dealkylation sites (N-methyl/N-ethyl adjacent to an activating group) is 1. The van der Waals surface area contributed by atoms with Crippen molar-refractivity contribution in [3.8, 4) is 0 Å². The second-order valence-electron chi connectivity index (χ2n) is 4.30. The number of carboxylic acids is 1. The summed E-state index contributed by atoms with van der Waals surface area (Å²) >= 11 is 0. The summed E-state index contributed by atoms with van der Waals surface area (Å²) in [6.07, 6.45) is 2.20. The monoisotopic (exact) mass is 257 g/mol. The molecule has 0 saturated carbocycles. The van der Waals surface area contributed by atoms with Crippen LogP contribution in [0.4, 0.5) is 4.79 Å². The minimum atomic E-state index is -1.07. The van der Waals surface area contributed by atoms with Gasteiger partial charge in [-0.05, 0) is 26.2 Å². The molecular formula is C11H19N3O4. The van der Waals surface area contributed by atoms with Crippen LogP contribution < -0.4 is 5.73 Å². The Balaban J connectivity index is 2.78. The molecule has 102 valence electrons. The van der Waals surface area contributed by atoms with Crippen molar-refractivity contribution in [1.82, 2.24) is 9.80 Å². The lowest BCUT2D eigenvalue weighted by molar-refractivity contribution is -0.137. The molecule has 0 radical (unpaired) electrons. The van der Waals surface area contributed by atoms with E-state index in [2.05, 4.69) is 0 Å². The molecule has 7 heteroatoms. The Bertz CT molecular complexity index is 345. The smallest absolute Gasteiger partial charge is 0.323 e. The maximum Gasteiger partial charge on any atom is 0.323 e. The first-order valence-corrected chi connectivity index (χ1v) is 6.04. The summed E-state index contributed by atoms with van der Waals surface area (Å²) < 4.78 is 0. The summed E-state index contributed by atoms with van der Waals surface area (Å²) in [6.45, 7) is 2.07. The van der Waals surface area contributed by atoms with Crippen molar-refractivity contribution in [3.05, 3.63) is 0 Å². The summed E-state index contributed by atoms with van der Waals surface area (Å²) in [5, 5.41) is 8.73. The van der Waals surface area contributed by atoms with E-state index in [0.29, 0.717) is 13.0 Å². The molecule has 1 aliphatic heterocycles. The van der Waals surface area contributed by atoms with Gasteiger partial charge >= 0.3 is 12.0 Å². The van der Waals surface area contributed by atoms with Gasteiger partial charge in [-0.1, -0.05) is 0 Å². The molecule has 0 aliphatic carbocycles. The standard InChI is InChI=1S/C11H19N3O4/c1-2-13(7-9(15)16)11(18)14-6-4-3-5-8(14)10(12)17/h8H,2-7H2,1H3,(H2,12,17)(H,15,16). The summed E-state index contributed by atoms with van der Waals surface area (Å²) in [7, 11) is 0. The molecule has 0 aromatic rings. The first kappa shape index (κ1) is 14.3. The highest BCUT2D eigenvalue weighted by Crippen LogP contribution is 2.18. The highest BCUT2D eigenvalue weighted by Gasteiger charge is 2.33. The van der Waals surface area contributed by atoms with E-state index in [1.54, 1.807) is 6.92 Å². The van der Waals surface area contributed by atoms with Crippen molar-refractivity contribution in [3.63, 3.8) is 0 Å². The van der Waals surface area contributed by atoms with Crippen molar-refractivity contribution in [2.24, 2.45) is 5.73 Å². The number of piperidine rings is 1. The average Bonchev–Trinajstić information content (AvgIpc) is 2.34. The van der Waals surface area contributed by atoms with Gasteiger partial charge in [0.05, 0.1) is 0 Å². The predicted molar refractivity (Wildman–Crippen MR) is 63.8 cm³/mol. The van der Waals surface area contributed by atoms with Gasteiger partial charge in [-0.15, -0.1) is 0 Å². The Labute approximate surface area is 106 Å². The normalized spacial score (nSPS) is 19.4. The molecule has 1 rings (SSSR count). The number of carbonyl (C=O) groups excluding carboxylic acids is 2. The molecule has 0 aromatic carbocycles. The van der Waals surface area contributed by atoms with E-state index in [9.17, 15) is 14.4 Å². The summed E-state index contributed by atoms with van der Waals surface area (Å²) in [6, 6.07) is -1.04. The van der Waals surface area contributed by atoms with Crippen molar-refractivity contribution in [1.29, 1.82) is 0 Å². The second-order valence-corrected chi connectivity index (χ2v) is 4.30. The van der Waals surface area contributed by atoms with Gasteiger partial charge in [-0.25, -0.2) is 4.79 Å². The molecule has 3 N–H and O–H groups in total. The van der Waals surface area contributed by atoms with Gasteiger partial charge in [0.2, 0.25) is 5.91 Å². The molecule has 3 amide bonds. The van der Waals surface area contributed by atoms with Crippen LogP contribution in [0, 0.1) is 0 Å².